The van der Waals surface area contributed by atoms with Crippen molar-refractivity contribution in [1.29, 1.82) is 0 Å². The van der Waals surface area contributed by atoms with E-state index in [-0.39, 0.29) is 0 Å². The maximum absolute atomic E-state index is 13.0. The lowest BCUT2D eigenvalue weighted by atomic mass is 9.67. The van der Waals surface area contributed by atoms with E-state index in [1.54, 1.807) is 0 Å². The third-order valence-corrected chi connectivity index (χ3v) is 6.89. The summed E-state index contributed by atoms with van der Waals surface area (Å²) in [5.41, 5.74) is 1.34. The van der Waals surface area contributed by atoms with E-state index < -0.39 is 0 Å². The molecule has 2 aliphatic carbocycles. The van der Waals surface area contributed by atoms with E-state index in [2.05, 4.69) is 16.2 Å². The molecule has 4 rings (SSSR count). The number of rotatable bonds is 2. The van der Waals surface area contributed by atoms with Crippen molar-refractivity contribution >= 4 is 5.91 Å². The Labute approximate surface area is 145 Å². The largest absolute Gasteiger partial charge is 0.342 e. The molecule has 3 aliphatic rings. The van der Waals surface area contributed by atoms with E-state index in [0.29, 0.717) is 17.7 Å². The molecule has 1 amide bonds. The van der Waals surface area contributed by atoms with Gasteiger partial charge in [0.2, 0.25) is 5.91 Å². The van der Waals surface area contributed by atoms with Crippen molar-refractivity contribution in [2.45, 2.75) is 63.7 Å². The van der Waals surface area contributed by atoms with E-state index in [1.165, 1.54) is 44.1 Å². The lowest BCUT2D eigenvalue weighted by Crippen LogP contribution is -2.43. The summed E-state index contributed by atoms with van der Waals surface area (Å²) in [7, 11) is 1.98. The van der Waals surface area contributed by atoms with Crippen LogP contribution in [-0.4, -0.2) is 33.7 Å². The Morgan fingerprint density at radius 3 is 2.50 bits per heavy atom. The average molecular weight is 329 g/mol. The molecule has 0 unspecified atom stereocenters. The molecule has 24 heavy (non-hydrogen) atoms. The van der Waals surface area contributed by atoms with E-state index in [1.807, 2.05) is 17.9 Å². The van der Waals surface area contributed by atoms with E-state index in [4.69, 9.17) is 0 Å². The predicted octanol–water partition coefficient (Wildman–Crippen LogP) is 3.73. The lowest BCUT2D eigenvalue weighted by Gasteiger charge is -2.41. The number of piperidine rings is 1. The summed E-state index contributed by atoms with van der Waals surface area (Å²) in [6.45, 7) is 1.87. The van der Waals surface area contributed by atoms with Crippen molar-refractivity contribution in [3.8, 4) is 0 Å². The van der Waals surface area contributed by atoms with Gasteiger partial charge in [0.1, 0.15) is 0 Å². The highest BCUT2D eigenvalue weighted by Gasteiger charge is 2.37. The molecule has 0 radical (unpaired) electrons. The summed E-state index contributed by atoms with van der Waals surface area (Å²) >= 11 is 0. The van der Waals surface area contributed by atoms with Crippen molar-refractivity contribution in [2.24, 2.45) is 24.8 Å². The van der Waals surface area contributed by atoms with E-state index in [9.17, 15) is 4.79 Å². The molecule has 3 fully saturated rings. The average Bonchev–Trinajstić information content (AvgIpc) is 3.07. The number of fused-ring (bicyclic) bond motifs is 1. The van der Waals surface area contributed by atoms with Gasteiger partial charge in [-0.15, -0.1) is 0 Å². The van der Waals surface area contributed by atoms with E-state index >= 15 is 0 Å². The minimum absolute atomic E-state index is 0.319. The number of aromatic nitrogens is 2. The smallest absolute Gasteiger partial charge is 0.225 e. The predicted molar refractivity (Wildman–Crippen MR) is 94.6 cm³/mol. The zero-order chi connectivity index (χ0) is 16.5. The first-order chi connectivity index (χ1) is 11.7. The lowest BCUT2D eigenvalue weighted by molar-refractivity contribution is -0.139. The van der Waals surface area contributed by atoms with Crippen LogP contribution in [0, 0.1) is 17.8 Å². The molecule has 1 saturated heterocycles. The Hall–Kier alpha value is -1.32. The topological polar surface area (TPSA) is 38.1 Å². The van der Waals surface area contributed by atoms with Crippen LogP contribution in [0.2, 0.25) is 0 Å². The third-order valence-electron chi connectivity index (χ3n) is 6.89. The van der Waals surface area contributed by atoms with Gasteiger partial charge in [-0.25, -0.2) is 0 Å². The van der Waals surface area contributed by atoms with Gasteiger partial charge in [0.25, 0.3) is 0 Å². The Balaban J connectivity index is 1.31. The van der Waals surface area contributed by atoms with Crippen molar-refractivity contribution in [3.63, 3.8) is 0 Å². The molecule has 4 nitrogen and oxygen atoms in total. The fraction of sp³-hybridized carbons (Fsp3) is 0.800. The zero-order valence-electron chi connectivity index (χ0n) is 15.0. The number of hydrogen-bond donors (Lipinski definition) is 0. The molecule has 0 spiro atoms. The fourth-order valence-electron chi connectivity index (χ4n) is 5.44. The third kappa shape index (κ3) is 3.25. The highest BCUT2D eigenvalue weighted by atomic mass is 16.2. The molecule has 1 aromatic heterocycles. The van der Waals surface area contributed by atoms with Crippen LogP contribution in [0.1, 0.15) is 69.3 Å². The van der Waals surface area contributed by atoms with Crippen LogP contribution in [-0.2, 0) is 11.8 Å². The molecule has 4 heteroatoms. The molecular weight excluding hydrogens is 298 g/mol. The minimum Gasteiger partial charge on any atom is -0.342 e. The molecule has 0 N–H and O–H groups in total. The van der Waals surface area contributed by atoms with Crippen LogP contribution in [0.3, 0.4) is 0 Å². The number of nitrogens with zero attached hydrogens (tertiary/aromatic N) is 3. The maximum atomic E-state index is 13.0. The van der Waals surface area contributed by atoms with Crippen LogP contribution < -0.4 is 0 Å². The van der Waals surface area contributed by atoms with Crippen molar-refractivity contribution < 1.29 is 4.79 Å². The number of hydrogen-bond acceptors (Lipinski definition) is 2. The zero-order valence-corrected chi connectivity index (χ0v) is 15.0. The summed E-state index contributed by atoms with van der Waals surface area (Å²) in [5.74, 6) is 3.13. The van der Waals surface area contributed by atoms with Gasteiger partial charge in [-0.1, -0.05) is 25.7 Å². The second-order valence-corrected chi connectivity index (χ2v) is 8.36. The number of carbonyl (C=O) groups excluding carboxylic acids is 1. The van der Waals surface area contributed by atoms with Crippen molar-refractivity contribution in [2.75, 3.05) is 13.1 Å². The molecule has 2 heterocycles. The van der Waals surface area contributed by atoms with Crippen LogP contribution in [0.25, 0.3) is 0 Å². The van der Waals surface area contributed by atoms with Gasteiger partial charge in [-0.2, -0.15) is 5.10 Å². The highest BCUT2D eigenvalue weighted by molar-refractivity contribution is 5.79. The Morgan fingerprint density at radius 2 is 1.79 bits per heavy atom. The summed E-state index contributed by atoms with van der Waals surface area (Å²) in [5, 5.41) is 4.29. The molecule has 3 atom stereocenters. The Kier molecular flexibility index (Phi) is 4.64. The standard InChI is InChI=1S/C20H31N3O/c1-22-14-19(13-21-22)16-8-10-23(11-9-16)20(24)18-7-6-15-4-2-3-5-17(15)12-18/h13-18H,2-12H2,1H3/t15-,17-,18+/m0/s1. The van der Waals surface area contributed by atoms with Gasteiger partial charge >= 0.3 is 0 Å². The monoisotopic (exact) mass is 329 g/mol. The second kappa shape index (κ2) is 6.89. The molecule has 132 valence electrons. The quantitative estimate of drug-likeness (QED) is 0.829. The fourth-order valence-corrected chi connectivity index (χ4v) is 5.44. The molecular formula is C20H31N3O. The number of aryl methyl sites for hydroxylation is 1. The normalized spacial score (nSPS) is 31.7. The number of amides is 1. The summed E-state index contributed by atoms with van der Waals surface area (Å²) in [6, 6.07) is 0. The minimum atomic E-state index is 0.319. The first-order valence-electron chi connectivity index (χ1n) is 9.98. The second-order valence-electron chi connectivity index (χ2n) is 8.36. The first-order valence-corrected chi connectivity index (χ1v) is 9.98. The van der Waals surface area contributed by atoms with Crippen LogP contribution in [0.4, 0.5) is 0 Å². The van der Waals surface area contributed by atoms with Crippen LogP contribution in [0.15, 0.2) is 12.4 Å². The van der Waals surface area contributed by atoms with Gasteiger partial charge in [-0.3, -0.25) is 9.48 Å². The summed E-state index contributed by atoms with van der Waals surface area (Å²) < 4.78 is 1.88. The highest BCUT2D eigenvalue weighted by Crippen LogP contribution is 2.43. The van der Waals surface area contributed by atoms with Gasteiger partial charge in [0, 0.05) is 32.3 Å². The summed E-state index contributed by atoms with van der Waals surface area (Å²) in [6.07, 6.45) is 15.5. The number of carbonyl (C=O) groups is 1. The number of likely N-dealkylation sites (tertiary alicyclic amines) is 1. The van der Waals surface area contributed by atoms with Crippen molar-refractivity contribution in [1.82, 2.24) is 14.7 Å². The summed E-state index contributed by atoms with van der Waals surface area (Å²) in [4.78, 5) is 15.2. The van der Waals surface area contributed by atoms with Crippen LogP contribution >= 0.6 is 0 Å². The Morgan fingerprint density at radius 1 is 1.04 bits per heavy atom. The molecule has 1 aromatic rings. The van der Waals surface area contributed by atoms with Gasteiger partial charge < -0.3 is 4.90 Å². The Bertz CT molecular complexity index is 573. The van der Waals surface area contributed by atoms with Crippen LogP contribution in [0.5, 0.6) is 0 Å². The van der Waals surface area contributed by atoms with E-state index in [0.717, 1.165) is 44.2 Å². The molecule has 0 bridgehead atoms. The van der Waals surface area contributed by atoms with Gasteiger partial charge in [0.05, 0.1) is 6.20 Å². The van der Waals surface area contributed by atoms with Gasteiger partial charge in [0.15, 0.2) is 0 Å². The molecule has 1 aliphatic heterocycles. The van der Waals surface area contributed by atoms with Crippen molar-refractivity contribution in [3.05, 3.63) is 18.0 Å². The first kappa shape index (κ1) is 16.2. The molecule has 0 aromatic carbocycles. The SMILES string of the molecule is Cn1cc(C2CCN(C(=O)[C@@H]3CC[C@@H]4CCCC[C@H]4C3)CC2)cn1. The maximum Gasteiger partial charge on any atom is 0.225 e. The molecule has 2 saturated carbocycles. The van der Waals surface area contributed by atoms with Gasteiger partial charge in [-0.05, 0) is 55.4 Å².